The van der Waals surface area contributed by atoms with Gasteiger partial charge in [-0.05, 0) is 44.9 Å². The van der Waals surface area contributed by atoms with Crippen LogP contribution in [0.3, 0.4) is 0 Å². The standard InChI is InChI=1S/C21H25N3O3S/c1-13-9-17(14(2)24(13)11-16-5-4-8-27-16)20(25)12-28-21-22-18-7-6-15(26-3)10-19(18)23-21/h6-7,9-10,16H,4-5,8,11-12H2,1-3H3,(H,22,23)/t16-/m1/s1. The fourth-order valence-electron chi connectivity index (χ4n) is 3.73. The van der Waals surface area contributed by atoms with Crippen LogP contribution in [0.2, 0.25) is 0 Å². The van der Waals surface area contributed by atoms with Gasteiger partial charge in [0.15, 0.2) is 10.9 Å². The van der Waals surface area contributed by atoms with E-state index in [2.05, 4.69) is 21.5 Å². The average molecular weight is 400 g/mol. The number of hydrogen-bond donors (Lipinski definition) is 1. The number of carbonyl (C=O) groups excluding carboxylic acids is 1. The van der Waals surface area contributed by atoms with Crippen molar-refractivity contribution in [2.24, 2.45) is 0 Å². The predicted molar refractivity (Wildman–Crippen MR) is 111 cm³/mol. The minimum Gasteiger partial charge on any atom is -0.497 e. The molecule has 28 heavy (non-hydrogen) atoms. The number of aromatic nitrogens is 3. The number of ketones is 1. The van der Waals surface area contributed by atoms with Crippen molar-refractivity contribution in [1.82, 2.24) is 14.5 Å². The van der Waals surface area contributed by atoms with Crippen molar-refractivity contribution in [2.45, 2.75) is 44.5 Å². The van der Waals surface area contributed by atoms with Crippen LogP contribution in [-0.4, -0.2) is 45.9 Å². The number of nitrogens with one attached hydrogen (secondary N) is 1. The molecule has 1 saturated heterocycles. The fraction of sp³-hybridized carbons (Fsp3) is 0.429. The van der Waals surface area contributed by atoms with Gasteiger partial charge < -0.3 is 19.0 Å². The molecule has 3 aromatic rings. The summed E-state index contributed by atoms with van der Waals surface area (Å²) >= 11 is 1.43. The third-order valence-electron chi connectivity index (χ3n) is 5.29. The van der Waals surface area contributed by atoms with Gasteiger partial charge in [0.05, 0.1) is 30.0 Å². The molecule has 7 heteroatoms. The molecule has 0 aliphatic carbocycles. The molecule has 0 unspecified atom stereocenters. The van der Waals surface area contributed by atoms with E-state index in [4.69, 9.17) is 9.47 Å². The van der Waals surface area contributed by atoms with Crippen LogP contribution in [0.4, 0.5) is 0 Å². The Bertz CT molecular complexity index is 1000. The second kappa shape index (κ2) is 8.01. The Morgan fingerprint density at radius 1 is 1.39 bits per heavy atom. The summed E-state index contributed by atoms with van der Waals surface area (Å²) in [6.07, 6.45) is 2.47. The van der Waals surface area contributed by atoms with E-state index in [1.165, 1.54) is 11.8 Å². The average Bonchev–Trinajstić information content (AvgIpc) is 3.41. The number of ether oxygens (including phenoxy) is 2. The van der Waals surface area contributed by atoms with Gasteiger partial charge in [0, 0.05) is 36.2 Å². The van der Waals surface area contributed by atoms with Crippen LogP contribution in [0.1, 0.15) is 34.6 Å². The molecule has 0 radical (unpaired) electrons. The van der Waals surface area contributed by atoms with Crippen LogP contribution in [0.5, 0.6) is 5.75 Å². The molecule has 1 fully saturated rings. The molecule has 1 atom stereocenters. The molecule has 0 bridgehead atoms. The largest absolute Gasteiger partial charge is 0.497 e. The first kappa shape index (κ1) is 19.1. The first-order valence-corrected chi connectivity index (χ1v) is 10.5. The molecule has 1 aliphatic rings. The van der Waals surface area contributed by atoms with Gasteiger partial charge in [0.1, 0.15) is 5.75 Å². The topological polar surface area (TPSA) is 69.1 Å². The number of carbonyl (C=O) groups is 1. The smallest absolute Gasteiger partial charge is 0.175 e. The molecule has 3 heterocycles. The molecule has 148 valence electrons. The van der Waals surface area contributed by atoms with E-state index >= 15 is 0 Å². The predicted octanol–water partition coefficient (Wildman–Crippen LogP) is 4.14. The number of thioether (sulfide) groups is 1. The van der Waals surface area contributed by atoms with Crippen molar-refractivity contribution in [1.29, 1.82) is 0 Å². The van der Waals surface area contributed by atoms with Crippen LogP contribution in [0.15, 0.2) is 29.4 Å². The Morgan fingerprint density at radius 3 is 3.00 bits per heavy atom. The number of rotatable bonds is 7. The number of methoxy groups -OCH3 is 1. The second-order valence-electron chi connectivity index (χ2n) is 7.17. The number of Topliss-reactive ketones (excluding diaryl/α,β-unsaturated/α-hetero) is 1. The van der Waals surface area contributed by atoms with Crippen molar-refractivity contribution < 1.29 is 14.3 Å². The van der Waals surface area contributed by atoms with Crippen molar-refractivity contribution >= 4 is 28.6 Å². The summed E-state index contributed by atoms with van der Waals surface area (Å²) in [6, 6.07) is 7.70. The SMILES string of the molecule is COc1ccc2nc(SCC(=O)c3cc(C)n(C[C@H]4CCCO4)c3C)[nH]c2c1. The molecule has 0 spiro atoms. The minimum absolute atomic E-state index is 0.120. The van der Waals surface area contributed by atoms with Gasteiger partial charge in [0.25, 0.3) is 0 Å². The number of fused-ring (bicyclic) bond motifs is 1. The molecule has 0 amide bonds. The number of hydrogen-bond acceptors (Lipinski definition) is 5. The number of benzene rings is 1. The maximum Gasteiger partial charge on any atom is 0.175 e. The van der Waals surface area contributed by atoms with E-state index in [-0.39, 0.29) is 11.9 Å². The van der Waals surface area contributed by atoms with Gasteiger partial charge in [0.2, 0.25) is 0 Å². The highest BCUT2D eigenvalue weighted by molar-refractivity contribution is 7.99. The third-order valence-corrected chi connectivity index (χ3v) is 6.16. The zero-order valence-electron chi connectivity index (χ0n) is 16.4. The maximum atomic E-state index is 12.8. The first-order chi connectivity index (χ1) is 13.5. The Labute approximate surface area is 168 Å². The molecule has 2 aromatic heterocycles. The summed E-state index contributed by atoms with van der Waals surface area (Å²) in [5.41, 5.74) is 4.69. The lowest BCUT2D eigenvalue weighted by Crippen LogP contribution is -2.17. The molecular weight excluding hydrogens is 374 g/mol. The summed E-state index contributed by atoms with van der Waals surface area (Å²) in [5, 5.41) is 0.741. The number of H-pyrrole nitrogens is 1. The van der Waals surface area contributed by atoms with Crippen molar-refractivity contribution in [2.75, 3.05) is 19.5 Å². The summed E-state index contributed by atoms with van der Waals surface area (Å²) in [6.45, 7) is 5.74. The van der Waals surface area contributed by atoms with Crippen LogP contribution in [0, 0.1) is 13.8 Å². The number of aryl methyl sites for hydroxylation is 1. The van der Waals surface area contributed by atoms with Crippen molar-refractivity contribution in [3.8, 4) is 5.75 Å². The van der Waals surface area contributed by atoms with Gasteiger partial charge in [-0.15, -0.1) is 0 Å². The quantitative estimate of drug-likeness (QED) is 0.478. The van der Waals surface area contributed by atoms with E-state index in [1.807, 2.05) is 31.2 Å². The van der Waals surface area contributed by atoms with E-state index in [1.54, 1.807) is 7.11 Å². The number of imidazole rings is 1. The normalized spacial score (nSPS) is 16.8. The third kappa shape index (κ3) is 3.82. The second-order valence-corrected chi connectivity index (χ2v) is 8.13. The van der Waals surface area contributed by atoms with E-state index in [0.29, 0.717) is 5.75 Å². The number of aromatic amines is 1. The van der Waals surface area contributed by atoms with Gasteiger partial charge in [-0.2, -0.15) is 0 Å². The van der Waals surface area contributed by atoms with Crippen LogP contribution in [0.25, 0.3) is 11.0 Å². The molecule has 1 aliphatic heterocycles. The van der Waals surface area contributed by atoms with Gasteiger partial charge in [-0.25, -0.2) is 4.98 Å². The van der Waals surface area contributed by atoms with Crippen LogP contribution < -0.4 is 4.74 Å². The maximum absolute atomic E-state index is 12.8. The first-order valence-electron chi connectivity index (χ1n) is 9.53. The summed E-state index contributed by atoms with van der Waals surface area (Å²) in [5.74, 6) is 1.25. The van der Waals surface area contributed by atoms with Gasteiger partial charge in [-0.3, -0.25) is 4.79 Å². The molecule has 1 aromatic carbocycles. The highest BCUT2D eigenvalue weighted by atomic mass is 32.2. The highest BCUT2D eigenvalue weighted by Crippen LogP contribution is 2.25. The number of nitrogens with zero attached hydrogens (tertiary/aromatic N) is 2. The zero-order chi connectivity index (χ0) is 19.7. The highest BCUT2D eigenvalue weighted by Gasteiger charge is 2.21. The fourth-order valence-corrected chi connectivity index (χ4v) is 4.50. The molecule has 0 saturated carbocycles. The van der Waals surface area contributed by atoms with E-state index in [0.717, 1.165) is 64.9 Å². The summed E-state index contributed by atoms with van der Waals surface area (Å²) in [4.78, 5) is 20.6. The van der Waals surface area contributed by atoms with Crippen LogP contribution in [-0.2, 0) is 11.3 Å². The van der Waals surface area contributed by atoms with Gasteiger partial charge in [-0.1, -0.05) is 11.8 Å². The summed E-state index contributed by atoms with van der Waals surface area (Å²) < 4.78 is 13.2. The van der Waals surface area contributed by atoms with Crippen LogP contribution >= 0.6 is 11.8 Å². The Kier molecular flexibility index (Phi) is 5.46. The van der Waals surface area contributed by atoms with Crippen molar-refractivity contribution in [3.63, 3.8) is 0 Å². The molecule has 6 nitrogen and oxygen atoms in total. The van der Waals surface area contributed by atoms with E-state index in [9.17, 15) is 4.79 Å². The molecule has 4 rings (SSSR count). The van der Waals surface area contributed by atoms with Gasteiger partial charge >= 0.3 is 0 Å². The Balaban J connectivity index is 1.45. The van der Waals surface area contributed by atoms with E-state index < -0.39 is 0 Å². The zero-order valence-corrected chi connectivity index (χ0v) is 17.3. The lowest BCUT2D eigenvalue weighted by Gasteiger charge is -2.14. The lowest BCUT2D eigenvalue weighted by molar-refractivity contribution is 0.0957. The molecule has 1 N–H and O–H groups in total. The van der Waals surface area contributed by atoms with Crippen molar-refractivity contribution in [3.05, 3.63) is 41.2 Å². The monoisotopic (exact) mass is 399 g/mol. The Hall–Kier alpha value is -2.25. The summed E-state index contributed by atoms with van der Waals surface area (Å²) in [7, 11) is 1.64. The minimum atomic E-state index is 0.120. The Morgan fingerprint density at radius 2 is 2.25 bits per heavy atom. The molecular formula is C21H25N3O3S. The lowest BCUT2D eigenvalue weighted by atomic mass is 10.2.